The summed E-state index contributed by atoms with van der Waals surface area (Å²) in [6.07, 6.45) is 1.14. The molecule has 1 aromatic carbocycles. The molecule has 0 saturated heterocycles. The van der Waals surface area contributed by atoms with E-state index < -0.39 is 0 Å². The third-order valence-corrected chi connectivity index (χ3v) is 3.05. The monoisotopic (exact) mass is 305 g/mol. The average molecular weight is 305 g/mol. The molecule has 0 heterocycles. The molecule has 0 aliphatic rings. The SMILES string of the molecule is CCCC(=O)NNC(=O)CCC(=O)Nc1ccc(C)cc1C. The van der Waals surface area contributed by atoms with Crippen molar-refractivity contribution in [1.29, 1.82) is 0 Å². The van der Waals surface area contributed by atoms with E-state index in [1.165, 1.54) is 0 Å². The van der Waals surface area contributed by atoms with Gasteiger partial charge < -0.3 is 5.32 Å². The van der Waals surface area contributed by atoms with Gasteiger partial charge in [0.2, 0.25) is 17.7 Å². The lowest BCUT2D eigenvalue weighted by atomic mass is 10.1. The van der Waals surface area contributed by atoms with Crippen LogP contribution in [0, 0.1) is 13.8 Å². The van der Waals surface area contributed by atoms with Gasteiger partial charge in [0.1, 0.15) is 0 Å². The number of rotatable bonds is 6. The maximum atomic E-state index is 11.8. The minimum absolute atomic E-state index is 0.0170. The highest BCUT2D eigenvalue weighted by molar-refractivity contribution is 5.94. The Morgan fingerprint density at radius 1 is 0.909 bits per heavy atom. The van der Waals surface area contributed by atoms with E-state index in [0.29, 0.717) is 12.8 Å². The van der Waals surface area contributed by atoms with Crippen molar-refractivity contribution in [2.75, 3.05) is 5.32 Å². The Kier molecular flexibility index (Phi) is 7.08. The van der Waals surface area contributed by atoms with Gasteiger partial charge in [-0.1, -0.05) is 24.6 Å². The highest BCUT2D eigenvalue weighted by atomic mass is 16.2. The Hall–Kier alpha value is -2.37. The number of carbonyl (C=O) groups is 3. The summed E-state index contributed by atoms with van der Waals surface area (Å²) < 4.78 is 0. The summed E-state index contributed by atoms with van der Waals surface area (Å²) in [4.78, 5) is 34.5. The van der Waals surface area contributed by atoms with E-state index in [4.69, 9.17) is 0 Å². The summed E-state index contributed by atoms with van der Waals surface area (Å²) in [5, 5.41) is 2.77. The van der Waals surface area contributed by atoms with Crippen molar-refractivity contribution in [2.24, 2.45) is 0 Å². The van der Waals surface area contributed by atoms with Gasteiger partial charge >= 0.3 is 0 Å². The van der Waals surface area contributed by atoms with Crippen molar-refractivity contribution in [1.82, 2.24) is 10.9 Å². The van der Waals surface area contributed by atoms with Gasteiger partial charge in [-0.15, -0.1) is 0 Å². The topological polar surface area (TPSA) is 87.3 Å². The number of hydrogen-bond acceptors (Lipinski definition) is 3. The molecular formula is C16H23N3O3. The summed E-state index contributed by atoms with van der Waals surface area (Å²) in [6, 6.07) is 5.73. The van der Waals surface area contributed by atoms with Crippen LogP contribution in [-0.4, -0.2) is 17.7 Å². The maximum Gasteiger partial charge on any atom is 0.238 e. The van der Waals surface area contributed by atoms with E-state index in [9.17, 15) is 14.4 Å². The first-order valence-corrected chi connectivity index (χ1v) is 7.37. The first-order chi connectivity index (χ1) is 10.4. The maximum absolute atomic E-state index is 11.8. The van der Waals surface area contributed by atoms with Crippen molar-refractivity contribution in [2.45, 2.75) is 46.5 Å². The number of aryl methyl sites for hydroxylation is 2. The van der Waals surface area contributed by atoms with Crippen LogP contribution in [0.4, 0.5) is 5.69 Å². The van der Waals surface area contributed by atoms with Crippen LogP contribution >= 0.6 is 0 Å². The van der Waals surface area contributed by atoms with Crippen molar-refractivity contribution >= 4 is 23.4 Å². The third kappa shape index (κ3) is 6.39. The lowest BCUT2D eigenvalue weighted by molar-refractivity contribution is -0.129. The number of carbonyl (C=O) groups excluding carboxylic acids is 3. The Morgan fingerprint density at radius 2 is 1.50 bits per heavy atom. The van der Waals surface area contributed by atoms with Crippen LogP contribution in [0.1, 0.15) is 43.7 Å². The van der Waals surface area contributed by atoms with Crippen molar-refractivity contribution in [3.63, 3.8) is 0 Å². The molecule has 0 radical (unpaired) electrons. The predicted molar refractivity (Wildman–Crippen MR) is 85.0 cm³/mol. The highest BCUT2D eigenvalue weighted by Gasteiger charge is 2.09. The van der Waals surface area contributed by atoms with Crippen LogP contribution in [-0.2, 0) is 14.4 Å². The number of benzene rings is 1. The number of amides is 3. The summed E-state index contributed by atoms with van der Waals surface area (Å²) >= 11 is 0. The van der Waals surface area contributed by atoms with E-state index in [2.05, 4.69) is 16.2 Å². The molecule has 0 bridgehead atoms. The van der Waals surface area contributed by atoms with Gasteiger partial charge in [0.05, 0.1) is 0 Å². The molecule has 3 amide bonds. The Morgan fingerprint density at radius 3 is 2.09 bits per heavy atom. The fraction of sp³-hybridized carbons (Fsp3) is 0.438. The molecule has 0 atom stereocenters. The van der Waals surface area contributed by atoms with Gasteiger partial charge in [0, 0.05) is 24.9 Å². The molecule has 120 valence electrons. The molecule has 0 fully saturated rings. The summed E-state index contributed by atoms with van der Waals surface area (Å²) in [5.41, 5.74) is 7.43. The molecule has 0 aliphatic heterocycles. The molecule has 3 N–H and O–H groups in total. The smallest absolute Gasteiger partial charge is 0.238 e. The molecule has 1 rings (SSSR count). The molecule has 0 unspecified atom stereocenters. The summed E-state index contributed by atoms with van der Waals surface area (Å²) in [7, 11) is 0. The fourth-order valence-electron chi connectivity index (χ4n) is 1.89. The van der Waals surface area contributed by atoms with E-state index in [0.717, 1.165) is 16.8 Å². The van der Waals surface area contributed by atoms with Gasteiger partial charge in [-0.05, 0) is 31.9 Å². The van der Waals surface area contributed by atoms with Crippen molar-refractivity contribution in [3.8, 4) is 0 Å². The Bertz CT molecular complexity index is 556. The van der Waals surface area contributed by atoms with Crippen LogP contribution in [0.3, 0.4) is 0 Å². The minimum Gasteiger partial charge on any atom is -0.326 e. The van der Waals surface area contributed by atoms with Crippen molar-refractivity contribution < 1.29 is 14.4 Å². The second kappa shape index (κ2) is 8.81. The number of nitrogens with one attached hydrogen (secondary N) is 3. The van der Waals surface area contributed by atoms with Crippen LogP contribution in [0.5, 0.6) is 0 Å². The zero-order chi connectivity index (χ0) is 16.5. The second-order valence-corrected chi connectivity index (χ2v) is 5.21. The van der Waals surface area contributed by atoms with Crippen LogP contribution in [0.15, 0.2) is 18.2 Å². The Labute approximate surface area is 130 Å². The first kappa shape index (κ1) is 17.7. The molecule has 22 heavy (non-hydrogen) atoms. The average Bonchev–Trinajstić information content (AvgIpc) is 2.46. The molecule has 0 saturated carbocycles. The zero-order valence-corrected chi connectivity index (χ0v) is 13.3. The molecule has 0 aromatic heterocycles. The normalized spacial score (nSPS) is 9.95. The quantitative estimate of drug-likeness (QED) is 0.702. The largest absolute Gasteiger partial charge is 0.326 e. The molecule has 0 aliphatic carbocycles. The number of hydrazine groups is 1. The molecule has 6 nitrogen and oxygen atoms in total. The number of anilines is 1. The second-order valence-electron chi connectivity index (χ2n) is 5.21. The highest BCUT2D eigenvalue weighted by Crippen LogP contribution is 2.16. The molecule has 6 heteroatoms. The van der Waals surface area contributed by atoms with Gasteiger partial charge in [-0.2, -0.15) is 0 Å². The third-order valence-electron chi connectivity index (χ3n) is 3.05. The van der Waals surface area contributed by atoms with Gasteiger partial charge in [0.15, 0.2) is 0 Å². The molecule has 0 spiro atoms. The Balaban J connectivity index is 2.33. The van der Waals surface area contributed by atoms with Gasteiger partial charge in [-0.25, -0.2) is 0 Å². The van der Waals surface area contributed by atoms with Crippen LogP contribution in [0.2, 0.25) is 0 Å². The van der Waals surface area contributed by atoms with Crippen molar-refractivity contribution in [3.05, 3.63) is 29.3 Å². The van der Waals surface area contributed by atoms with E-state index in [-0.39, 0.29) is 30.6 Å². The standard InChI is InChI=1S/C16H23N3O3/c1-4-5-15(21)18-19-16(22)9-8-14(20)17-13-7-6-11(2)10-12(13)3/h6-7,10H,4-5,8-9H2,1-3H3,(H,17,20)(H,18,21)(H,19,22). The van der Waals surface area contributed by atoms with E-state index in [1.54, 1.807) is 0 Å². The zero-order valence-electron chi connectivity index (χ0n) is 13.3. The van der Waals surface area contributed by atoms with Crippen LogP contribution in [0.25, 0.3) is 0 Å². The number of hydrogen-bond donors (Lipinski definition) is 3. The van der Waals surface area contributed by atoms with Crippen LogP contribution < -0.4 is 16.2 Å². The van der Waals surface area contributed by atoms with E-state index >= 15 is 0 Å². The summed E-state index contributed by atoms with van der Waals surface area (Å²) in [6.45, 7) is 5.77. The van der Waals surface area contributed by atoms with Gasteiger partial charge in [0.25, 0.3) is 0 Å². The summed E-state index contributed by atoms with van der Waals surface area (Å²) in [5.74, 6) is -0.863. The first-order valence-electron chi connectivity index (χ1n) is 7.37. The lowest BCUT2D eigenvalue weighted by Crippen LogP contribution is -2.41. The fourth-order valence-corrected chi connectivity index (χ4v) is 1.89. The minimum atomic E-state index is -0.389. The molecular weight excluding hydrogens is 282 g/mol. The predicted octanol–water partition coefficient (Wildman–Crippen LogP) is 1.97. The van der Waals surface area contributed by atoms with E-state index in [1.807, 2.05) is 39.0 Å². The lowest BCUT2D eigenvalue weighted by Gasteiger charge is -2.09. The molecule has 1 aromatic rings. The van der Waals surface area contributed by atoms with Gasteiger partial charge in [-0.3, -0.25) is 25.2 Å².